The van der Waals surface area contributed by atoms with E-state index in [0.717, 1.165) is 5.56 Å². The third-order valence-electron chi connectivity index (χ3n) is 3.74. The number of aryl methyl sites for hydroxylation is 1. The van der Waals surface area contributed by atoms with Crippen molar-refractivity contribution in [3.05, 3.63) is 24.0 Å². The van der Waals surface area contributed by atoms with Gasteiger partial charge in [0.1, 0.15) is 0 Å². The van der Waals surface area contributed by atoms with Crippen LogP contribution in [0.2, 0.25) is 0 Å². The van der Waals surface area contributed by atoms with Crippen LogP contribution < -0.4 is 10.6 Å². The Hall–Kier alpha value is -1.79. The summed E-state index contributed by atoms with van der Waals surface area (Å²) in [6.07, 6.45) is 0.120. The molecular weight excluding hydrogens is 283 g/mol. The second kappa shape index (κ2) is 6.32. The van der Waals surface area contributed by atoms with Crippen LogP contribution in [0, 0.1) is 12.8 Å². The lowest BCUT2D eigenvalue weighted by molar-refractivity contribution is -0.183. The number of nitrogens with zero attached hydrogens (tertiary/aromatic N) is 1. The predicted octanol–water partition coefficient (Wildman–Crippen LogP) is 3.63. The molecule has 0 spiro atoms. The number of carbonyl (C=O) groups excluding carboxylic acids is 1. The zero-order chi connectivity index (χ0) is 15.5. The van der Waals surface area contributed by atoms with E-state index >= 15 is 0 Å². The highest BCUT2D eigenvalue weighted by Gasteiger charge is 2.42. The summed E-state index contributed by atoms with van der Waals surface area (Å²) in [6.45, 7) is 1.79. The lowest BCUT2D eigenvalue weighted by Gasteiger charge is -2.31. The maximum absolute atomic E-state index is 12.7. The van der Waals surface area contributed by atoms with Crippen LogP contribution in [-0.4, -0.2) is 23.2 Å². The summed E-state index contributed by atoms with van der Waals surface area (Å²) in [5.74, 6) is -1.32. The number of hydrogen-bond donors (Lipinski definition) is 2. The van der Waals surface area contributed by atoms with E-state index in [1.54, 1.807) is 25.4 Å². The van der Waals surface area contributed by atoms with Gasteiger partial charge in [-0.3, -0.25) is 4.98 Å². The number of halogens is 3. The lowest BCUT2D eigenvalue weighted by atomic mass is 9.85. The first-order valence-corrected chi connectivity index (χ1v) is 6.91. The van der Waals surface area contributed by atoms with Crippen molar-refractivity contribution in [2.24, 2.45) is 5.92 Å². The van der Waals surface area contributed by atoms with Crippen LogP contribution >= 0.6 is 0 Å². The van der Waals surface area contributed by atoms with Crippen LogP contribution in [0.25, 0.3) is 0 Å². The molecule has 1 aromatic heterocycles. The molecule has 2 amide bonds. The van der Waals surface area contributed by atoms with Gasteiger partial charge in [0, 0.05) is 24.1 Å². The molecule has 1 aliphatic rings. The van der Waals surface area contributed by atoms with Gasteiger partial charge < -0.3 is 10.6 Å². The van der Waals surface area contributed by atoms with E-state index < -0.39 is 24.2 Å². The molecule has 0 radical (unpaired) electrons. The van der Waals surface area contributed by atoms with Crippen molar-refractivity contribution in [3.63, 3.8) is 0 Å². The molecule has 2 atom stereocenters. The standard InChI is InChI=1S/C14H18F3N3O/c1-9-8-18-6-5-12(9)20-13(21)19-11-4-2-3-10(7-11)14(15,16)17/h5-6,8,10-11H,2-4,7H2,1H3,(H2,18,19,20,21)/t10-,11+/m1/s1. The van der Waals surface area contributed by atoms with Gasteiger partial charge in [-0.15, -0.1) is 0 Å². The smallest absolute Gasteiger partial charge is 0.335 e. The van der Waals surface area contributed by atoms with Gasteiger partial charge in [0.15, 0.2) is 0 Å². The Bertz CT molecular complexity index is 504. The number of anilines is 1. The summed E-state index contributed by atoms with van der Waals surface area (Å²) in [4.78, 5) is 15.8. The van der Waals surface area contributed by atoms with Crippen LogP contribution in [0.1, 0.15) is 31.2 Å². The first kappa shape index (κ1) is 15.6. The minimum atomic E-state index is -4.18. The molecule has 1 saturated carbocycles. The van der Waals surface area contributed by atoms with E-state index in [2.05, 4.69) is 15.6 Å². The molecular formula is C14H18F3N3O. The van der Waals surface area contributed by atoms with Crippen molar-refractivity contribution < 1.29 is 18.0 Å². The van der Waals surface area contributed by atoms with Gasteiger partial charge in [-0.05, 0) is 37.8 Å². The fourth-order valence-corrected chi connectivity index (χ4v) is 2.58. The monoisotopic (exact) mass is 301 g/mol. The van der Waals surface area contributed by atoms with E-state index in [0.29, 0.717) is 18.5 Å². The van der Waals surface area contributed by atoms with Gasteiger partial charge in [0.25, 0.3) is 0 Å². The van der Waals surface area contributed by atoms with Gasteiger partial charge in [0.05, 0.1) is 5.92 Å². The van der Waals surface area contributed by atoms with E-state index in [1.165, 1.54) is 0 Å². The molecule has 0 saturated heterocycles. The number of alkyl halides is 3. The Kier molecular flexibility index (Phi) is 4.69. The molecule has 2 rings (SSSR count). The summed E-state index contributed by atoms with van der Waals surface area (Å²) < 4.78 is 38.1. The van der Waals surface area contributed by atoms with Crippen LogP contribution in [0.15, 0.2) is 18.5 Å². The van der Waals surface area contributed by atoms with Gasteiger partial charge in [-0.2, -0.15) is 13.2 Å². The number of amides is 2. The van der Waals surface area contributed by atoms with Crippen molar-refractivity contribution in [1.82, 2.24) is 10.3 Å². The van der Waals surface area contributed by atoms with Crippen molar-refractivity contribution in [2.75, 3.05) is 5.32 Å². The maximum Gasteiger partial charge on any atom is 0.391 e. The zero-order valence-corrected chi connectivity index (χ0v) is 11.7. The van der Waals surface area contributed by atoms with Crippen molar-refractivity contribution >= 4 is 11.7 Å². The third kappa shape index (κ3) is 4.34. The number of carbonyl (C=O) groups is 1. The number of hydrogen-bond acceptors (Lipinski definition) is 2. The SMILES string of the molecule is Cc1cnccc1NC(=O)N[C@H]1CCC[C@@H](C(F)(F)F)C1. The van der Waals surface area contributed by atoms with Crippen molar-refractivity contribution in [3.8, 4) is 0 Å². The molecule has 0 aromatic carbocycles. The highest BCUT2D eigenvalue weighted by Crippen LogP contribution is 2.37. The Balaban J connectivity index is 1.89. The molecule has 21 heavy (non-hydrogen) atoms. The lowest BCUT2D eigenvalue weighted by Crippen LogP contribution is -2.43. The van der Waals surface area contributed by atoms with E-state index in [9.17, 15) is 18.0 Å². The van der Waals surface area contributed by atoms with E-state index in [-0.39, 0.29) is 12.8 Å². The molecule has 4 nitrogen and oxygen atoms in total. The van der Waals surface area contributed by atoms with E-state index in [4.69, 9.17) is 0 Å². The van der Waals surface area contributed by atoms with Crippen molar-refractivity contribution in [2.45, 2.75) is 44.8 Å². The van der Waals surface area contributed by atoms with Crippen LogP contribution in [0.4, 0.5) is 23.7 Å². The van der Waals surface area contributed by atoms with Gasteiger partial charge in [0.2, 0.25) is 0 Å². The van der Waals surface area contributed by atoms with Crippen molar-refractivity contribution in [1.29, 1.82) is 0 Å². The molecule has 2 N–H and O–H groups in total. The van der Waals surface area contributed by atoms with Crippen LogP contribution in [0.5, 0.6) is 0 Å². The average Bonchev–Trinajstić information content (AvgIpc) is 2.41. The number of nitrogens with one attached hydrogen (secondary N) is 2. The quantitative estimate of drug-likeness (QED) is 0.876. The summed E-state index contributed by atoms with van der Waals surface area (Å²) in [5, 5.41) is 5.27. The number of aromatic nitrogens is 1. The molecule has 0 aliphatic heterocycles. The Morgan fingerprint density at radius 2 is 2.14 bits per heavy atom. The average molecular weight is 301 g/mol. The normalized spacial score (nSPS) is 22.7. The Labute approximate surface area is 121 Å². The maximum atomic E-state index is 12.7. The molecule has 7 heteroatoms. The summed E-state index contributed by atoms with van der Waals surface area (Å²) in [5.41, 5.74) is 1.40. The Morgan fingerprint density at radius 1 is 1.38 bits per heavy atom. The van der Waals surface area contributed by atoms with Crippen LogP contribution in [0.3, 0.4) is 0 Å². The first-order valence-electron chi connectivity index (χ1n) is 6.91. The fraction of sp³-hybridized carbons (Fsp3) is 0.571. The highest BCUT2D eigenvalue weighted by atomic mass is 19.4. The largest absolute Gasteiger partial charge is 0.391 e. The highest BCUT2D eigenvalue weighted by molar-refractivity contribution is 5.90. The minimum absolute atomic E-state index is 0.0494. The summed E-state index contributed by atoms with van der Waals surface area (Å²) in [7, 11) is 0. The predicted molar refractivity (Wildman–Crippen MR) is 72.9 cm³/mol. The zero-order valence-electron chi connectivity index (χ0n) is 11.7. The fourth-order valence-electron chi connectivity index (χ4n) is 2.58. The summed E-state index contributed by atoms with van der Waals surface area (Å²) in [6, 6.07) is 0.735. The third-order valence-corrected chi connectivity index (χ3v) is 3.74. The second-order valence-electron chi connectivity index (χ2n) is 5.39. The Morgan fingerprint density at radius 3 is 2.81 bits per heavy atom. The van der Waals surface area contributed by atoms with Gasteiger partial charge in [-0.1, -0.05) is 6.42 Å². The van der Waals surface area contributed by atoms with Gasteiger partial charge in [-0.25, -0.2) is 4.79 Å². The molecule has 0 unspecified atom stereocenters. The molecule has 1 heterocycles. The number of rotatable bonds is 2. The number of urea groups is 1. The number of pyridine rings is 1. The second-order valence-corrected chi connectivity index (χ2v) is 5.39. The molecule has 116 valence electrons. The molecule has 0 bridgehead atoms. The topological polar surface area (TPSA) is 54.0 Å². The minimum Gasteiger partial charge on any atom is -0.335 e. The first-order chi connectivity index (χ1) is 9.86. The summed E-state index contributed by atoms with van der Waals surface area (Å²) >= 11 is 0. The van der Waals surface area contributed by atoms with E-state index in [1.807, 2.05) is 0 Å². The molecule has 1 fully saturated rings. The van der Waals surface area contributed by atoms with Crippen LogP contribution in [-0.2, 0) is 0 Å². The van der Waals surface area contributed by atoms with Gasteiger partial charge >= 0.3 is 12.2 Å². The molecule has 1 aliphatic carbocycles. The molecule has 1 aromatic rings.